The second kappa shape index (κ2) is 9.09. The number of nitrogens with one attached hydrogen (secondary N) is 1. The summed E-state index contributed by atoms with van der Waals surface area (Å²) in [6.45, 7) is -0.385. The molecule has 1 N–H and O–H groups in total. The van der Waals surface area contributed by atoms with E-state index in [9.17, 15) is 31.1 Å². The van der Waals surface area contributed by atoms with Crippen LogP contribution in [0.3, 0.4) is 0 Å². The van der Waals surface area contributed by atoms with E-state index < -0.39 is 35.0 Å². The Morgan fingerprint density at radius 3 is 2.10 bits per heavy atom. The van der Waals surface area contributed by atoms with Crippen molar-refractivity contribution in [1.82, 2.24) is 5.32 Å². The van der Waals surface area contributed by atoms with E-state index in [4.69, 9.17) is 16.3 Å². The average molecular weight is 436 g/mol. The van der Waals surface area contributed by atoms with Crippen LogP contribution in [0.2, 0.25) is 5.02 Å². The SMILES string of the molecule is O=C(NCC#CCOc1ccccc1Cl)c1cc(C(F)(F)F)cc(C(F)(F)F)c1. The van der Waals surface area contributed by atoms with Gasteiger partial charge >= 0.3 is 12.4 Å². The van der Waals surface area contributed by atoms with Gasteiger partial charge in [0.2, 0.25) is 0 Å². The minimum atomic E-state index is -5.04. The van der Waals surface area contributed by atoms with Gasteiger partial charge in [0.05, 0.1) is 22.7 Å². The normalized spacial score (nSPS) is 11.4. The fraction of sp³-hybridized carbons (Fsp3) is 0.211. The molecule has 0 unspecified atom stereocenters. The lowest BCUT2D eigenvalue weighted by Crippen LogP contribution is -2.25. The maximum Gasteiger partial charge on any atom is 0.416 e. The number of rotatable bonds is 4. The van der Waals surface area contributed by atoms with Gasteiger partial charge < -0.3 is 10.1 Å². The van der Waals surface area contributed by atoms with Crippen molar-refractivity contribution in [3.05, 3.63) is 64.2 Å². The molecule has 29 heavy (non-hydrogen) atoms. The number of carbonyl (C=O) groups is 1. The minimum Gasteiger partial charge on any atom is -0.479 e. The van der Waals surface area contributed by atoms with E-state index in [2.05, 4.69) is 17.2 Å². The molecule has 0 fully saturated rings. The van der Waals surface area contributed by atoms with Crippen molar-refractivity contribution in [3.8, 4) is 17.6 Å². The van der Waals surface area contributed by atoms with E-state index in [1.54, 1.807) is 24.3 Å². The van der Waals surface area contributed by atoms with Crippen molar-refractivity contribution in [1.29, 1.82) is 0 Å². The number of alkyl halides is 6. The Bertz CT molecular complexity index is 912. The number of amides is 1. The van der Waals surface area contributed by atoms with Crippen molar-refractivity contribution in [2.45, 2.75) is 12.4 Å². The summed E-state index contributed by atoms with van der Waals surface area (Å²) in [6.07, 6.45) is -10.1. The number of hydrogen-bond acceptors (Lipinski definition) is 2. The number of para-hydroxylation sites is 1. The number of benzene rings is 2. The van der Waals surface area contributed by atoms with Crippen molar-refractivity contribution in [3.63, 3.8) is 0 Å². The van der Waals surface area contributed by atoms with E-state index in [-0.39, 0.29) is 19.2 Å². The van der Waals surface area contributed by atoms with E-state index in [1.165, 1.54) is 0 Å². The number of hydrogen-bond donors (Lipinski definition) is 1. The zero-order valence-corrected chi connectivity index (χ0v) is 15.2. The second-order valence-corrected chi connectivity index (χ2v) is 5.96. The second-order valence-electron chi connectivity index (χ2n) is 5.55. The molecule has 10 heteroatoms. The van der Waals surface area contributed by atoms with Crippen LogP contribution in [-0.4, -0.2) is 19.1 Å². The lowest BCUT2D eigenvalue weighted by Gasteiger charge is -2.13. The largest absolute Gasteiger partial charge is 0.479 e. The molecule has 2 rings (SSSR count). The lowest BCUT2D eigenvalue weighted by atomic mass is 10.0. The summed E-state index contributed by atoms with van der Waals surface area (Å²) in [5.74, 6) is 4.27. The van der Waals surface area contributed by atoms with Crippen LogP contribution in [0.5, 0.6) is 5.75 Å². The Morgan fingerprint density at radius 2 is 1.55 bits per heavy atom. The monoisotopic (exact) mass is 435 g/mol. The Kier molecular flexibility index (Phi) is 7.03. The van der Waals surface area contributed by atoms with Crippen LogP contribution in [0, 0.1) is 11.8 Å². The topological polar surface area (TPSA) is 38.3 Å². The fourth-order valence-corrected chi connectivity index (χ4v) is 2.29. The van der Waals surface area contributed by atoms with Gasteiger partial charge in [-0.1, -0.05) is 35.6 Å². The van der Waals surface area contributed by atoms with E-state index >= 15 is 0 Å². The van der Waals surface area contributed by atoms with Crippen LogP contribution in [0.4, 0.5) is 26.3 Å². The zero-order valence-electron chi connectivity index (χ0n) is 14.4. The molecular formula is C19H12ClF6NO2. The van der Waals surface area contributed by atoms with Gasteiger partial charge in [-0.25, -0.2) is 0 Å². The van der Waals surface area contributed by atoms with Gasteiger partial charge in [0.15, 0.2) is 0 Å². The van der Waals surface area contributed by atoms with Gasteiger partial charge in [-0.15, -0.1) is 0 Å². The first-order chi connectivity index (χ1) is 13.5. The molecule has 0 aliphatic heterocycles. The van der Waals surface area contributed by atoms with Crippen LogP contribution in [-0.2, 0) is 12.4 Å². The number of halogens is 7. The third-order valence-corrected chi connectivity index (χ3v) is 3.76. The van der Waals surface area contributed by atoms with Gasteiger partial charge in [-0.3, -0.25) is 4.79 Å². The highest BCUT2D eigenvalue weighted by Crippen LogP contribution is 2.36. The highest BCUT2D eigenvalue weighted by molar-refractivity contribution is 6.32. The Balaban J connectivity index is 2.01. The lowest BCUT2D eigenvalue weighted by molar-refractivity contribution is -0.143. The maximum atomic E-state index is 12.8. The Labute approximate surface area is 166 Å². The first-order valence-electron chi connectivity index (χ1n) is 7.89. The molecule has 0 aromatic heterocycles. The molecule has 0 aliphatic rings. The summed E-state index contributed by atoms with van der Waals surface area (Å²) in [4.78, 5) is 11.9. The van der Waals surface area contributed by atoms with Gasteiger partial charge in [0, 0.05) is 5.56 Å². The zero-order chi connectivity index (χ0) is 21.7. The number of carbonyl (C=O) groups excluding carboxylic acids is 1. The molecule has 0 atom stereocenters. The summed E-state index contributed by atoms with van der Waals surface area (Å²) in [5, 5.41) is 2.51. The van der Waals surface area contributed by atoms with E-state index in [1.807, 2.05) is 0 Å². The molecule has 0 bridgehead atoms. The van der Waals surface area contributed by atoms with Gasteiger partial charge in [-0.2, -0.15) is 26.3 Å². The molecular weight excluding hydrogens is 424 g/mol. The molecule has 3 nitrogen and oxygen atoms in total. The third kappa shape index (κ3) is 6.61. The van der Waals surface area contributed by atoms with Crippen LogP contribution in [0.25, 0.3) is 0 Å². The maximum absolute atomic E-state index is 12.8. The summed E-state index contributed by atoms with van der Waals surface area (Å²) in [5.41, 5.74) is -3.92. The van der Waals surface area contributed by atoms with Crippen molar-refractivity contribution in [2.24, 2.45) is 0 Å². The van der Waals surface area contributed by atoms with Gasteiger partial charge in [-0.05, 0) is 30.3 Å². The van der Waals surface area contributed by atoms with Crippen molar-refractivity contribution in [2.75, 3.05) is 13.2 Å². The smallest absolute Gasteiger partial charge is 0.416 e. The molecule has 2 aromatic rings. The Hall–Kier alpha value is -2.86. The summed E-state index contributed by atoms with van der Waals surface area (Å²) >= 11 is 5.87. The molecule has 0 aliphatic carbocycles. The minimum absolute atomic E-state index is 0.0529. The molecule has 0 saturated carbocycles. The number of ether oxygens (including phenoxy) is 1. The van der Waals surface area contributed by atoms with Crippen LogP contribution in [0.15, 0.2) is 42.5 Å². The molecule has 2 aromatic carbocycles. The third-order valence-electron chi connectivity index (χ3n) is 3.45. The quantitative estimate of drug-likeness (QED) is 0.530. The fourth-order valence-electron chi connectivity index (χ4n) is 2.10. The summed E-state index contributed by atoms with van der Waals surface area (Å²) < 4.78 is 82.2. The molecule has 154 valence electrons. The van der Waals surface area contributed by atoms with E-state index in [0.717, 1.165) is 0 Å². The average Bonchev–Trinajstić information content (AvgIpc) is 2.64. The van der Waals surface area contributed by atoms with Crippen LogP contribution < -0.4 is 10.1 Å². The summed E-state index contributed by atoms with van der Waals surface area (Å²) in [7, 11) is 0. The predicted octanol–water partition coefficient (Wildman–Crippen LogP) is 5.19. The van der Waals surface area contributed by atoms with Gasteiger partial charge in [0.1, 0.15) is 12.4 Å². The van der Waals surface area contributed by atoms with Gasteiger partial charge in [0.25, 0.3) is 5.91 Å². The molecule has 0 heterocycles. The Morgan fingerprint density at radius 1 is 0.966 bits per heavy atom. The first-order valence-corrected chi connectivity index (χ1v) is 8.27. The van der Waals surface area contributed by atoms with Crippen LogP contribution in [0.1, 0.15) is 21.5 Å². The molecule has 0 saturated heterocycles. The highest BCUT2D eigenvalue weighted by atomic mass is 35.5. The molecule has 0 radical (unpaired) electrons. The highest BCUT2D eigenvalue weighted by Gasteiger charge is 2.37. The van der Waals surface area contributed by atoms with Crippen molar-refractivity contribution < 1.29 is 35.9 Å². The predicted molar refractivity (Wildman–Crippen MR) is 93.5 cm³/mol. The standard InChI is InChI=1S/C19H12ClF6NO2/c20-15-5-1-2-6-16(15)29-8-4-3-7-27-17(28)12-9-13(18(21,22)23)11-14(10-12)19(24,25)26/h1-2,5-6,9-11H,7-8H2,(H,27,28). The van der Waals surface area contributed by atoms with Crippen molar-refractivity contribution >= 4 is 17.5 Å². The first kappa shape index (κ1) is 22.4. The van der Waals surface area contributed by atoms with Crippen LogP contribution >= 0.6 is 11.6 Å². The molecule has 1 amide bonds. The summed E-state index contributed by atoms with van der Waals surface area (Å²) in [6, 6.07) is 7.25. The van der Waals surface area contributed by atoms with E-state index in [0.29, 0.717) is 22.9 Å². The molecule has 0 spiro atoms.